The minimum atomic E-state index is -0.346. The Hall–Kier alpha value is -2.33. The zero-order valence-electron chi connectivity index (χ0n) is 13.2. The molecule has 0 heterocycles. The van der Waals surface area contributed by atoms with E-state index < -0.39 is 0 Å². The van der Waals surface area contributed by atoms with E-state index >= 15 is 0 Å². The molecule has 120 valence electrons. The third kappa shape index (κ3) is 6.12. The molecular weight excluding hydrogens is 293 g/mol. The van der Waals surface area contributed by atoms with Gasteiger partial charge in [0.25, 0.3) is 0 Å². The molecule has 0 aliphatic rings. The molecule has 0 bridgehead atoms. The number of hydrogen-bond acceptors (Lipinski definition) is 3. The van der Waals surface area contributed by atoms with E-state index in [-0.39, 0.29) is 36.9 Å². The van der Waals surface area contributed by atoms with Crippen LogP contribution in [0.4, 0.5) is 4.39 Å². The van der Waals surface area contributed by atoms with E-state index in [0.717, 1.165) is 5.56 Å². The number of halogens is 1. The minimum absolute atomic E-state index is 0.0365. The molecule has 0 fully saturated rings. The van der Waals surface area contributed by atoms with Crippen LogP contribution in [0.5, 0.6) is 0 Å². The van der Waals surface area contributed by atoms with E-state index in [9.17, 15) is 14.0 Å². The largest absolute Gasteiger partial charge is 0.298 e. The van der Waals surface area contributed by atoms with Crippen molar-refractivity contribution in [3.05, 3.63) is 71.5 Å². The molecule has 0 aliphatic carbocycles. The smallest absolute Gasteiger partial charge is 0.151 e. The van der Waals surface area contributed by atoms with Crippen LogP contribution in [0.1, 0.15) is 11.1 Å². The molecule has 2 rings (SSSR count). The van der Waals surface area contributed by atoms with Gasteiger partial charge >= 0.3 is 0 Å². The number of carbonyl (C=O) groups excluding carboxylic acids is 2. The lowest BCUT2D eigenvalue weighted by atomic mass is 10.1. The first kappa shape index (κ1) is 17.0. The second-order valence-corrected chi connectivity index (χ2v) is 5.72. The van der Waals surface area contributed by atoms with Crippen LogP contribution in [-0.4, -0.2) is 36.6 Å². The van der Waals surface area contributed by atoms with Crippen LogP contribution in [0.3, 0.4) is 0 Å². The van der Waals surface area contributed by atoms with E-state index in [1.165, 1.54) is 12.1 Å². The molecule has 2 aromatic carbocycles. The topological polar surface area (TPSA) is 37.4 Å². The van der Waals surface area contributed by atoms with Crippen LogP contribution in [0.15, 0.2) is 54.6 Å². The highest BCUT2D eigenvalue weighted by molar-refractivity contribution is 5.85. The van der Waals surface area contributed by atoms with Crippen molar-refractivity contribution in [2.75, 3.05) is 20.1 Å². The third-order valence-electron chi connectivity index (χ3n) is 3.43. The van der Waals surface area contributed by atoms with Crippen LogP contribution < -0.4 is 0 Å². The molecule has 3 nitrogen and oxygen atoms in total. The molecule has 0 atom stereocenters. The Morgan fingerprint density at radius 3 is 2.04 bits per heavy atom. The normalized spacial score (nSPS) is 10.7. The van der Waals surface area contributed by atoms with Gasteiger partial charge in [-0.3, -0.25) is 14.5 Å². The molecule has 4 heteroatoms. The summed E-state index contributed by atoms with van der Waals surface area (Å²) in [5, 5.41) is 0. The van der Waals surface area contributed by atoms with Gasteiger partial charge in [0.15, 0.2) is 11.6 Å². The van der Waals surface area contributed by atoms with E-state index in [1.54, 1.807) is 24.1 Å². The summed E-state index contributed by atoms with van der Waals surface area (Å²) >= 11 is 0. The summed E-state index contributed by atoms with van der Waals surface area (Å²) in [6, 6.07) is 15.5. The predicted octanol–water partition coefficient (Wildman–Crippen LogP) is 2.68. The van der Waals surface area contributed by atoms with Crippen molar-refractivity contribution in [1.82, 2.24) is 4.90 Å². The fourth-order valence-corrected chi connectivity index (χ4v) is 2.47. The number of nitrogens with zero attached hydrogens (tertiary/aromatic N) is 1. The first-order valence-corrected chi connectivity index (χ1v) is 7.53. The van der Waals surface area contributed by atoms with Gasteiger partial charge in [0, 0.05) is 12.8 Å². The predicted molar refractivity (Wildman–Crippen MR) is 87.8 cm³/mol. The first-order valence-electron chi connectivity index (χ1n) is 7.53. The molecule has 0 aliphatic heterocycles. The Kier molecular flexibility index (Phi) is 6.18. The fraction of sp³-hybridized carbons (Fsp3) is 0.263. The van der Waals surface area contributed by atoms with Gasteiger partial charge in [0.05, 0.1) is 13.1 Å². The molecule has 0 spiro atoms. The number of benzene rings is 2. The summed E-state index contributed by atoms with van der Waals surface area (Å²) in [5.41, 5.74) is 1.62. The molecule has 23 heavy (non-hydrogen) atoms. The van der Waals surface area contributed by atoms with Crippen molar-refractivity contribution >= 4 is 11.6 Å². The lowest BCUT2D eigenvalue weighted by Gasteiger charge is -2.15. The Bertz CT molecular complexity index is 670. The zero-order valence-corrected chi connectivity index (χ0v) is 13.2. The van der Waals surface area contributed by atoms with Crippen molar-refractivity contribution in [2.24, 2.45) is 0 Å². The Morgan fingerprint density at radius 2 is 1.43 bits per heavy atom. The van der Waals surface area contributed by atoms with Crippen molar-refractivity contribution in [3.63, 3.8) is 0 Å². The SMILES string of the molecule is CN(CC(=O)Cc1ccccc1)CC(=O)Cc1cccc(F)c1. The maximum atomic E-state index is 13.1. The summed E-state index contributed by atoms with van der Waals surface area (Å²) in [7, 11) is 1.74. The second-order valence-electron chi connectivity index (χ2n) is 5.72. The fourth-order valence-electron chi connectivity index (χ4n) is 2.47. The monoisotopic (exact) mass is 313 g/mol. The molecule has 0 aromatic heterocycles. The number of hydrogen-bond donors (Lipinski definition) is 0. The highest BCUT2D eigenvalue weighted by Crippen LogP contribution is 2.05. The molecule has 0 saturated carbocycles. The van der Waals surface area contributed by atoms with Crippen molar-refractivity contribution in [2.45, 2.75) is 12.8 Å². The zero-order chi connectivity index (χ0) is 16.7. The summed E-state index contributed by atoms with van der Waals surface area (Å²) in [6.45, 7) is 0.404. The minimum Gasteiger partial charge on any atom is -0.298 e. The maximum absolute atomic E-state index is 13.1. The summed E-state index contributed by atoms with van der Waals surface area (Å²) in [6.07, 6.45) is 0.540. The quantitative estimate of drug-likeness (QED) is 0.752. The Balaban J connectivity index is 1.78. The lowest BCUT2D eigenvalue weighted by Crippen LogP contribution is -2.32. The first-order chi connectivity index (χ1) is 11.0. The molecule has 0 N–H and O–H groups in total. The van der Waals surface area contributed by atoms with Crippen LogP contribution in [0.2, 0.25) is 0 Å². The van der Waals surface area contributed by atoms with Gasteiger partial charge in [-0.15, -0.1) is 0 Å². The van der Waals surface area contributed by atoms with Gasteiger partial charge in [0.1, 0.15) is 5.82 Å². The molecule has 0 saturated heterocycles. The number of ketones is 2. The van der Waals surface area contributed by atoms with Crippen LogP contribution in [-0.2, 0) is 22.4 Å². The lowest BCUT2D eigenvalue weighted by molar-refractivity contribution is -0.121. The number of likely N-dealkylation sites (N-methyl/N-ethyl adjacent to an activating group) is 1. The second kappa shape index (κ2) is 8.34. The molecule has 0 radical (unpaired) electrons. The number of Topliss-reactive ketones (excluding diaryl/α,β-unsaturated/α-hetero) is 2. The number of carbonyl (C=O) groups is 2. The maximum Gasteiger partial charge on any atom is 0.151 e. The van der Waals surface area contributed by atoms with Crippen LogP contribution in [0, 0.1) is 5.82 Å². The van der Waals surface area contributed by atoms with Crippen molar-refractivity contribution < 1.29 is 14.0 Å². The highest BCUT2D eigenvalue weighted by Gasteiger charge is 2.12. The standard InChI is InChI=1S/C19H20FNO2/c1-21(13-18(22)11-15-6-3-2-4-7-15)14-19(23)12-16-8-5-9-17(20)10-16/h2-10H,11-14H2,1H3. The van der Waals surface area contributed by atoms with Gasteiger partial charge in [-0.25, -0.2) is 4.39 Å². The molecule has 0 amide bonds. The molecule has 0 unspecified atom stereocenters. The average Bonchev–Trinajstić information content (AvgIpc) is 2.47. The van der Waals surface area contributed by atoms with E-state index in [2.05, 4.69) is 0 Å². The Labute approximate surface area is 135 Å². The van der Waals surface area contributed by atoms with Gasteiger partial charge in [-0.05, 0) is 30.3 Å². The van der Waals surface area contributed by atoms with E-state index in [1.807, 2.05) is 30.3 Å². The summed E-state index contributed by atoms with van der Waals surface area (Å²) < 4.78 is 13.1. The van der Waals surface area contributed by atoms with E-state index in [0.29, 0.717) is 12.0 Å². The van der Waals surface area contributed by atoms with Crippen molar-refractivity contribution in [3.8, 4) is 0 Å². The van der Waals surface area contributed by atoms with Gasteiger partial charge < -0.3 is 0 Å². The van der Waals surface area contributed by atoms with Crippen LogP contribution >= 0.6 is 0 Å². The third-order valence-corrected chi connectivity index (χ3v) is 3.43. The average molecular weight is 313 g/mol. The number of rotatable bonds is 8. The summed E-state index contributed by atoms with van der Waals surface area (Å²) in [5.74, 6) is -0.315. The van der Waals surface area contributed by atoms with Gasteiger partial charge in [-0.2, -0.15) is 0 Å². The molecular formula is C19H20FNO2. The highest BCUT2D eigenvalue weighted by atomic mass is 19.1. The Morgan fingerprint density at radius 1 is 0.870 bits per heavy atom. The van der Waals surface area contributed by atoms with Gasteiger partial charge in [-0.1, -0.05) is 42.5 Å². The van der Waals surface area contributed by atoms with Gasteiger partial charge in [0.2, 0.25) is 0 Å². The summed E-state index contributed by atoms with van der Waals surface area (Å²) in [4.78, 5) is 25.7. The van der Waals surface area contributed by atoms with E-state index in [4.69, 9.17) is 0 Å². The molecule has 2 aromatic rings. The van der Waals surface area contributed by atoms with Crippen LogP contribution in [0.25, 0.3) is 0 Å². The van der Waals surface area contributed by atoms with Crippen molar-refractivity contribution in [1.29, 1.82) is 0 Å².